The Labute approximate surface area is 134 Å². The first-order valence-electron chi connectivity index (χ1n) is 7.64. The zero-order valence-corrected chi connectivity index (χ0v) is 13.0. The first-order valence-corrected chi connectivity index (χ1v) is 7.64. The number of aromatic nitrogens is 2. The molecule has 1 aliphatic rings. The van der Waals surface area contributed by atoms with Gasteiger partial charge in [0, 0.05) is 37.2 Å². The maximum atomic E-state index is 12.4. The molecule has 0 spiro atoms. The van der Waals surface area contributed by atoms with Crippen LogP contribution in [0.3, 0.4) is 0 Å². The number of aromatic amines is 1. The maximum absolute atomic E-state index is 12.4. The number of ether oxygens (including phenoxy) is 1. The molecule has 0 unspecified atom stereocenters. The maximum Gasteiger partial charge on any atom is 0.338 e. The average molecular weight is 313 g/mol. The van der Waals surface area contributed by atoms with Crippen LogP contribution in [-0.4, -0.2) is 40.6 Å². The van der Waals surface area contributed by atoms with Crippen LogP contribution in [0.15, 0.2) is 30.5 Å². The predicted octanol–water partition coefficient (Wildman–Crippen LogP) is 1.71. The van der Waals surface area contributed by atoms with Gasteiger partial charge in [-0.3, -0.25) is 9.89 Å². The van der Waals surface area contributed by atoms with E-state index in [1.54, 1.807) is 18.3 Å². The molecule has 0 bridgehead atoms. The summed E-state index contributed by atoms with van der Waals surface area (Å²) in [5.74, 6) is -0.273. The number of benzene rings is 1. The van der Waals surface area contributed by atoms with Gasteiger partial charge in [0.1, 0.15) is 0 Å². The Morgan fingerprint density at radius 2 is 2.17 bits per heavy atom. The Balaban J connectivity index is 1.63. The lowest BCUT2D eigenvalue weighted by molar-refractivity contribution is -0.132. The van der Waals surface area contributed by atoms with Crippen LogP contribution in [0.5, 0.6) is 0 Å². The van der Waals surface area contributed by atoms with Gasteiger partial charge in [-0.25, -0.2) is 4.79 Å². The van der Waals surface area contributed by atoms with Crippen LogP contribution in [0.25, 0.3) is 0 Å². The van der Waals surface area contributed by atoms with Gasteiger partial charge in [-0.2, -0.15) is 5.10 Å². The number of carbonyl (C=O) groups is 2. The van der Waals surface area contributed by atoms with Crippen molar-refractivity contribution in [3.63, 3.8) is 0 Å². The molecule has 1 N–H and O–H groups in total. The zero-order valence-electron chi connectivity index (χ0n) is 13.0. The molecule has 0 radical (unpaired) electrons. The predicted molar refractivity (Wildman–Crippen MR) is 83.8 cm³/mol. The number of rotatable bonds is 4. The van der Waals surface area contributed by atoms with Crippen LogP contribution >= 0.6 is 0 Å². The number of nitrogens with one attached hydrogen (secondary N) is 1. The summed E-state index contributed by atoms with van der Waals surface area (Å²) < 4.78 is 4.79. The summed E-state index contributed by atoms with van der Waals surface area (Å²) in [7, 11) is 1.36. The highest BCUT2D eigenvalue weighted by Gasteiger charge is 2.22. The van der Waals surface area contributed by atoms with E-state index in [1.807, 2.05) is 17.0 Å². The van der Waals surface area contributed by atoms with E-state index in [0.29, 0.717) is 31.5 Å². The van der Waals surface area contributed by atoms with E-state index in [2.05, 4.69) is 10.2 Å². The molecule has 0 aliphatic carbocycles. The van der Waals surface area contributed by atoms with Crippen molar-refractivity contribution < 1.29 is 14.3 Å². The first kappa shape index (κ1) is 15.3. The number of aryl methyl sites for hydroxylation is 1. The third-order valence-corrected chi connectivity index (χ3v) is 4.18. The van der Waals surface area contributed by atoms with Gasteiger partial charge in [-0.05, 0) is 18.1 Å². The number of esters is 1. The molecule has 6 nitrogen and oxygen atoms in total. The molecule has 1 aromatic heterocycles. The number of amides is 1. The summed E-state index contributed by atoms with van der Waals surface area (Å²) in [6.45, 7) is 1.30. The summed E-state index contributed by atoms with van der Waals surface area (Å²) in [4.78, 5) is 26.0. The minimum atomic E-state index is -0.367. The van der Waals surface area contributed by atoms with Gasteiger partial charge in [0.2, 0.25) is 5.91 Å². The Kier molecular flexibility index (Phi) is 4.41. The molecule has 0 saturated carbocycles. The van der Waals surface area contributed by atoms with Crippen LogP contribution in [0.2, 0.25) is 0 Å². The molecular weight excluding hydrogens is 294 g/mol. The van der Waals surface area contributed by atoms with E-state index in [4.69, 9.17) is 4.74 Å². The summed E-state index contributed by atoms with van der Waals surface area (Å²) in [5.41, 5.74) is 3.57. The van der Waals surface area contributed by atoms with Crippen LogP contribution in [0.1, 0.15) is 33.6 Å². The lowest BCUT2D eigenvalue weighted by Crippen LogP contribution is -2.35. The Morgan fingerprint density at radius 1 is 1.35 bits per heavy atom. The van der Waals surface area contributed by atoms with Crippen LogP contribution < -0.4 is 0 Å². The summed E-state index contributed by atoms with van der Waals surface area (Å²) in [6.07, 6.45) is 3.49. The number of fused-ring (bicyclic) bond motifs is 1. The highest BCUT2D eigenvalue weighted by Crippen LogP contribution is 2.18. The summed E-state index contributed by atoms with van der Waals surface area (Å²) >= 11 is 0. The van der Waals surface area contributed by atoms with Crippen molar-refractivity contribution >= 4 is 11.9 Å². The van der Waals surface area contributed by atoms with Crippen molar-refractivity contribution in [2.24, 2.45) is 0 Å². The standard InChI is InChI=1S/C17H19N3O3/c1-23-17(22)14-5-3-2-4-12(14)6-7-16(21)20-9-8-15-13(11-20)10-18-19-15/h2-5,10H,6-9,11H2,1H3,(H,18,19). The van der Waals surface area contributed by atoms with Crippen LogP contribution in [0, 0.1) is 0 Å². The molecule has 0 fully saturated rings. The molecule has 3 rings (SSSR count). The second-order valence-electron chi connectivity index (χ2n) is 5.59. The largest absolute Gasteiger partial charge is 0.465 e. The van der Waals surface area contributed by atoms with E-state index >= 15 is 0 Å². The lowest BCUT2D eigenvalue weighted by atomic mass is 10.0. The molecule has 2 aromatic rings. The molecule has 2 heterocycles. The topological polar surface area (TPSA) is 75.3 Å². The number of nitrogens with zero attached hydrogens (tertiary/aromatic N) is 2. The summed E-state index contributed by atoms with van der Waals surface area (Å²) in [6, 6.07) is 7.25. The summed E-state index contributed by atoms with van der Waals surface area (Å²) in [5, 5.41) is 6.98. The SMILES string of the molecule is COC(=O)c1ccccc1CCC(=O)N1CCc2[nH]ncc2C1. The van der Waals surface area contributed by atoms with E-state index < -0.39 is 0 Å². The molecule has 0 atom stereocenters. The van der Waals surface area contributed by atoms with Crippen LogP contribution in [0.4, 0.5) is 0 Å². The molecule has 1 aliphatic heterocycles. The molecule has 6 heteroatoms. The van der Waals surface area contributed by atoms with Gasteiger partial charge >= 0.3 is 5.97 Å². The van der Waals surface area contributed by atoms with Gasteiger partial charge in [0.25, 0.3) is 0 Å². The molecule has 23 heavy (non-hydrogen) atoms. The van der Waals surface area contributed by atoms with Gasteiger partial charge in [0.15, 0.2) is 0 Å². The fraction of sp³-hybridized carbons (Fsp3) is 0.353. The molecule has 1 aromatic carbocycles. The smallest absolute Gasteiger partial charge is 0.338 e. The fourth-order valence-electron chi connectivity index (χ4n) is 2.88. The lowest BCUT2D eigenvalue weighted by Gasteiger charge is -2.26. The minimum absolute atomic E-state index is 0.0940. The number of carbonyl (C=O) groups excluding carboxylic acids is 2. The minimum Gasteiger partial charge on any atom is -0.465 e. The van der Waals surface area contributed by atoms with E-state index in [-0.39, 0.29) is 11.9 Å². The van der Waals surface area contributed by atoms with Crippen molar-refractivity contribution in [3.05, 3.63) is 52.8 Å². The van der Waals surface area contributed by atoms with E-state index in [1.165, 1.54) is 7.11 Å². The molecule has 0 saturated heterocycles. The first-order chi connectivity index (χ1) is 11.2. The Hall–Kier alpha value is -2.63. The van der Waals surface area contributed by atoms with E-state index in [0.717, 1.165) is 23.2 Å². The fourth-order valence-corrected chi connectivity index (χ4v) is 2.88. The van der Waals surface area contributed by atoms with Crippen molar-refractivity contribution in [3.8, 4) is 0 Å². The van der Waals surface area contributed by atoms with Gasteiger partial charge in [-0.15, -0.1) is 0 Å². The Bertz CT molecular complexity index is 723. The number of hydrogen-bond acceptors (Lipinski definition) is 4. The van der Waals surface area contributed by atoms with E-state index in [9.17, 15) is 9.59 Å². The van der Waals surface area contributed by atoms with Crippen molar-refractivity contribution in [2.45, 2.75) is 25.8 Å². The zero-order chi connectivity index (χ0) is 16.2. The molecule has 1 amide bonds. The number of hydrogen-bond donors (Lipinski definition) is 1. The van der Waals surface area contributed by atoms with Gasteiger partial charge in [-0.1, -0.05) is 18.2 Å². The van der Waals surface area contributed by atoms with Crippen molar-refractivity contribution in [1.29, 1.82) is 0 Å². The molecular formula is C17H19N3O3. The third-order valence-electron chi connectivity index (χ3n) is 4.18. The van der Waals surface area contributed by atoms with Crippen molar-refractivity contribution in [1.82, 2.24) is 15.1 Å². The monoisotopic (exact) mass is 313 g/mol. The normalized spacial score (nSPS) is 13.5. The molecule has 120 valence electrons. The van der Waals surface area contributed by atoms with Crippen molar-refractivity contribution in [2.75, 3.05) is 13.7 Å². The van der Waals surface area contributed by atoms with Gasteiger partial charge in [0.05, 0.1) is 18.9 Å². The number of H-pyrrole nitrogens is 1. The second kappa shape index (κ2) is 6.64. The van der Waals surface area contributed by atoms with Crippen LogP contribution in [-0.2, 0) is 28.9 Å². The van der Waals surface area contributed by atoms with Gasteiger partial charge < -0.3 is 9.64 Å². The third kappa shape index (κ3) is 3.26. The average Bonchev–Trinajstić information content (AvgIpc) is 3.06. The second-order valence-corrected chi connectivity index (χ2v) is 5.59. The highest BCUT2D eigenvalue weighted by atomic mass is 16.5. The highest BCUT2D eigenvalue weighted by molar-refractivity contribution is 5.91. The number of methoxy groups -OCH3 is 1. The quantitative estimate of drug-likeness (QED) is 0.872. The Morgan fingerprint density at radius 3 is 3.00 bits per heavy atom.